The van der Waals surface area contributed by atoms with Crippen LogP contribution in [0, 0.1) is 0 Å². The van der Waals surface area contributed by atoms with E-state index in [-0.39, 0.29) is 18.9 Å². The van der Waals surface area contributed by atoms with E-state index < -0.39 is 6.10 Å². The number of amides is 1. The minimum atomic E-state index is -0.761. The molecule has 1 heterocycles. The lowest BCUT2D eigenvalue weighted by Crippen LogP contribution is -2.29. The summed E-state index contributed by atoms with van der Waals surface area (Å²) in [5.74, 6) is 0.564. The smallest absolute Gasteiger partial charge is 0.224 e. The molecule has 0 aliphatic carbocycles. The van der Waals surface area contributed by atoms with E-state index >= 15 is 0 Å². The predicted molar refractivity (Wildman–Crippen MR) is 73.4 cm³/mol. The number of methoxy groups -OCH3 is 1. The number of benzene rings is 1. The fraction of sp³-hybridized carbons (Fsp3) is 0.267. The number of hydrogen-bond acceptors (Lipinski definition) is 4. The zero-order chi connectivity index (χ0) is 14.4. The number of nitrogens with one attached hydrogen (secondary N) is 1. The fourth-order valence-electron chi connectivity index (χ4n) is 1.82. The van der Waals surface area contributed by atoms with Gasteiger partial charge in [-0.25, -0.2) is 0 Å². The van der Waals surface area contributed by atoms with Crippen molar-refractivity contribution < 1.29 is 19.1 Å². The Kier molecular flexibility index (Phi) is 4.79. The molecule has 5 heteroatoms. The molecule has 0 unspecified atom stereocenters. The van der Waals surface area contributed by atoms with Crippen LogP contribution in [-0.4, -0.2) is 24.7 Å². The molecule has 5 nitrogen and oxygen atoms in total. The first kappa shape index (κ1) is 14.1. The molecule has 0 spiro atoms. The molecule has 1 aromatic heterocycles. The summed E-state index contributed by atoms with van der Waals surface area (Å²) in [4.78, 5) is 11.8. The van der Waals surface area contributed by atoms with Crippen molar-refractivity contribution in [2.75, 3.05) is 13.7 Å². The normalized spacial score (nSPS) is 11.9. The van der Waals surface area contributed by atoms with Gasteiger partial charge >= 0.3 is 0 Å². The Morgan fingerprint density at radius 2 is 2.30 bits per heavy atom. The van der Waals surface area contributed by atoms with E-state index in [1.165, 1.54) is 12.5 Å². The quantitative estimate of drug-likeness (QED) is 0.841. The Bertz CT molecular complexity index is 551. The number of furan rings is 1. The molecule has 0 radical (unpaired) electrons. The molecule has 0 fully saturated rings. The Morgan fingerprint density at radius 3 is 3.00 bits per heavy atom. The maximum Gasteiger partial charge on any atom is 0.224 e. The van der Waals surface area contributed by atoms with Crippen LogP contribution in [0.15, 0.2) is 47.3 Å². The van der Waals surface area contributed by atoms with Gasteiger partial charge in [-0.3, -0.25) is 4.79 Å². The van der Waals surface area contributed by atoms with Crippen LogP contribution in [-0.2, 0) is 11.2 Å². The van der Waals surface area contributed by atoms with Crippen LogP contribution in [0.1, 0.15) is 17.2 Å². The Labute approximate surface area is 117 Å². The number of aliphatic hydroxyl groups is 1. The third kappa shape index (κ3) is 3.86. The summed E-state index contributed by atoms with van der Waals surface area (Å²) in [5.41, 5.74) is 1.51. The molecule has 1 aromatic carbocycles. The molecule has 0 saturated heterocycles. The van der Waals surface area contributed by atoms with Gasteiger partial charge in [-0.2, -0.15) is 0 Å². The Balaban J connectivity index is 1.83. The number of carbonyl (C=O) groups is 1. The zero-order valence-electron chi connectivity index (χ0n) is 11.2. The summed E-state index contributed by atoms with van der Waals surface area (Å²) >= 11 is 0. The first-order chi connectivity index (χ1) is 9.69. The van der Waals surface area contributed by atoms with E-state index in [1.807, 2.05) is 24.3 Å². The fourth-order valence-corrected chi connectivity index (χ4v) is 1.82. The minimum Gasteiger partial charge on any atom is -0.497 e. The summed E-state index contributed by atoms with van der Waals surface area (Å²) in [7, 11) is 1.58. The van der Waals surface area contributed by atoms with Gasteiger partial charge in [0.15, 0.2) is 0 Å². The average molecular weight is 275 g/mol. The monoisotopic (exact) mass is 275 g/mol. The molecule has 1 atom stereocenters. The van der Waals surface area contributed by atoms with Gasteiger partial charge in [-0.05, 0) is 23.8 Å². The third-order valence-corrected chi connectivity index (χ3v) is 2.92. The Morgan fingerprint density at radius 1 is 1.45 bits per heavy atom. The van der Waals surface area contributed by atoms with Crippen molar-refractivity contribution >= 4 is 5.91 Å². The summed E-state index contributed by atoms with van der Waals surface area (Å²) in [6.45, 7) is 0.155. The lowest BCUT2D eigenvalue weighted by atomic mass is 10.1. The van der Waals surface area contributed by atoms with Crippen molar-refractivity contribution in [1.82, 2.24) is 5.32 Å². The number of rotatable bonds is 6. The summed E-state index contributed by atoms with van der Waals surface area (Å²) < 4.78 is 9.98. The molecule has 1 amide bonds. The minimum absolute atomic E-state index is 0.152. The second kappa shape index (κ2) is 6.77. The van der Waals surface area contributed by atoms with Gasteiger partial charge in [0.05, 0.1) is 32.2 Å². The van der Waals surface area contributed by atoms with Crippen molar-refractivity contribution in [2.45, 2.75) is 12.5 Å². The molecule has 20 heavy (non-hydrogen) atoms. The van der Waals surface area contributed by atoms with Gasteiger partial charge in [0.1, 0.15) is 5.75 Å². The standard InChI is InChI=1S/C15H17NO4/c1-19-13-4-2-3-11(7-13)8-15(18)16-9-14(17)12-5-6-20-10-12/h2-7,10,14,17H,8-9H2,1H3,(H,16,18)/t14-/m0/s1. The SMILES string of the molecule is COc1cccc(CC(=O)NC[C@H](O)c2ccoc2)c1. The van der Waals surface area contributed by atoms with Gasteiger partial charge in [-0.15, -0.1) is 0 Å². The molecule has 0 aliphatic heterocycles. The molecule has 106 valence electrons. The molecule has 2 rings (SSSR count). The molecular weight excluding hydrogens is 258 g/mol. The van der Waals surface area contributed by atoms with Crippen molar-refractivity contribution in [2.24, 2.45) is 0 Å². The number of aliphatic hydroxyl groups excluding tert-OH is 1. The van der Waals surface area contributed by atoms with Crippen LogP contribution in [0.5, 0.6) is 5.75 Å². The van der Waals surface area contributed by atoms with E-state index in [9.17, 15) is 9.90 Å². The van der Waals surface area contributed by atoms with Gasteiger partial charge < -0.3 is 19.6 Å². The van der Waals surface area contributed by atoms with Crippen LogP contribution in [0.25, 0.3) is 0 Å². The van der Waals surface area contributed by atoms with Crippen molar-refractivity contribution in [3.63, 3.8) is 0 Å². The second-order valence-corrected chi connectivity index (χ2v) is 4.40. The van der Waals surface area contributed by atoms with Crippen molar-refractivity contribution in [1.29, 1.82) is 0 Å². The van der Waals surface area contributed by atoms with Crippen molar-refractivity contribution in [3.05, 3.63) is 54.0 Å². The lowest BCUT2D eigenvalue weighted by molar-refractivity contribution is -0.120. The van der Waals surface area contributed by atoms with E-state index in [2.05, 4.69) is 5.32 Å². The maximum atomic E-state index is 11.8. The van der Waals surface area contributed by atoms with Crippen LogP contribution < -0.4 is 10.1 Å². The largest absolute Gasteiger partial charge is 0.497 e. The Hall–Kier alpha value is -2.27. The van der Waals surface area contributed by atoms with Gasteiger partial charge in [0.2, 0.25) is 5.91 Å². The predicted octanol–water partition coefficient (Wildman–Crippen LogP) is 1.68. The van der Waals surface area contributed by atoms with Crippen LogP contribution in [0.3, 0.4) is 0 Å². The van der Waals surface area contributed by atoms with E-state index in [1.54, 1.807) is 13.2 Å². The van der Waals surface area contributed by atoms with Gasteiger partial charge in [0, 0.05) is 12.1 Å². The van der Waals surface area contributed by atoms with E-state index in [4.69, 9.17) is 9.15 Å². The summed E-state index contributed by atoms with van der Waals surface area (Å²) in [6.07, 6.45) is 2.42. The molecular formula is C15H17NO4. The lowest BCUT2D eigenvalue weighted by Gasteiger charge is -2.10. The topological polar surface area (TPSA) is 71.7 Å². The van der Waals surface area contributed by atoms with Crippen LogP contribution >= 0.6 is 0 Å². The molecule has 2 aromatic rings. The maximum absolute atomic E-state index is 11.8. The number of ether oxygens (including phenoxy) is 1. The van der Waals surface area contributed by atoms with Crippen LogP contribution in [0.4, 0.5) is 0 Å². The molecule has 0 bridgehead atoms. The van der Waals surface area contributed by atoms with Gasteiger partial charge in [-0.1, -0.05) is 12.1 Å². The van der Waals surface area contributed by atoms with Crippen molar-refractivity contribution in [3.8, 4) is 5.75 Å². The highest BCUT2D eigenvalue weighted by Crippen LogP contribution is 2.14. The summed E-state index contributed by atoms with van der Waals surface area (Å²) in [6, 6.07) is 8.99. The number of carbonyl (C=O) groups excluding carboxylic acids is 1. The highest BCUT2D eigenvalue weighted by atomic mass is 16.5. The first-order valence-electron chi connectivity index (χ1n) is 6.29. The van der Waals surface area contributed by atoms with Gasteiger partial charge in [0.25, 0.3) is 0 Å². The highest BCUT2D eigenvalue weighted by molar-refractivity contribution is 5.78. The highest BCUT2D eigenvalue weighted by Gasteiger charge is 2.11. The third-order valence-electron chi connectivity index (χ3n) is 2.92. The average Bonchev–Trinajstić information content (AvgIpc) is 2.99. The molecule has 0 aliphatic rings. The summed E-state index contributed by atoms with van der Waals surface area (Å²) in [5, 5.41) is 12.5. The van der Waals surface area contributed by atoms with E-state index in [0.717, 1.165) is 5.56 Å². The second-order valence-electron chi connectivity index (χ2n) is 4.40. The van der Waals surface area contributed by atoms with E-state index in [0.29, 0.717) is 11.3 Å². The molecule has 2 N–H and O–H groups in total. The first-order valence-corrected chi connectivity index (χ1v) is 6.29. The number of hydrogen-bond donors (Lipinski definition) is 2. The van der Waals surface area contributed by atoms with Crippen LogP contribution in [0.2, 0.25) is 0 Å². The molecule has 0 saturated carbocycles. The zero-order valence-corrected chi connectivity index (χ0v) is 11.2.